The maximum absolute atomic E-state index is 13.0. The van der Waals surface area contributed by atoms with Gasteiger partial charge in [-0.2, -0.15) is 0 Å². The average Bonchev–Trinajstić information content (AvgIpc) is 2.36. The molecule has 0 fully saturated rings. The number of Topliss-reactive ketones (excluding diaryl/α,β-unsaturated/α-hetero) is 1. The quantitative estimate of drug-likeness (QED) is 0.586. The largest absolute Gasteiger partial charge is 0.504 e. The first-order valence-corrected chi connectivity index (χ1v) is 5.50. The Balaban J connectivity index is 2.28. The first kappa shape index (κ1) is 12.9. The number of carbonyl (C=O) groups is 1. The van der Waals surface area contributed by atoms with Gasteiger partial charge >= 0.3 is 0 Å². The van der Waals surface area contributed by atoms with Crippen LogP contribution in [-0.2, 0) is 6.42 Å². The molecule has 0 heterocycles. The van der Waals surface area contributed by atoms with Gasteiger partial charge < -0.3 is 15.3 Å². The number of benzene rings is 2. The Bertz CT molecular complexity index is 637. The zero-order valence-corrected chi connectivity index (χ0v) is 9.80. The maximum Gasteiger partial charge on any atom is 0.201 e. The van der Waals surface area contributed by atoms with E-state index >= 15 is 0 Å². The Morgan fingerprint density at radius 3 is 2.47 bits per heavy atom. The molecule has 0 aromatic heterocycles. The molecule has 3 N–H and O–H groups in total. The lowest BCUT2D eigenvalue weighted by Gasteiger charge is -2.07. The van der Waals surface area contributed by atoms with Crippen molar-refractivity contribution in [2.24, 2.45) is 0 Å². The van der Waals surface area contributed by atoms with E-state index in [0.29, 0.717) is 5.56 Å². The van der Waals surface area contributed by atoms with Crippen LogP contribution < -0.4 is 0 Å². The lowest BCUT2D eigenvalue weighted by Crippen LogP contribution is -2.04. The Morgan fingerprint density at radius 2 is 1.79 bits per heavy atom. The van der Waals surface area contributed by atoms with Crippen molar-refractivity contribution in [1.29, 1.82) is 0 Å². The third kappa shape index (κ3) is 2.65. The number of hydrogen-bond donors (Lipinski definition) is 3. The van der Waals surface area contributed by atoms with Gasteiger partial charge in [-0.1, -0.05) is 12.1 Å². The maximum atomic E-state index is 13.0. The summed E-state index contributed by atoms with van der Waals surface area (Å²) in [5.74, 6) is -2.88. The number of rotatable bonds is 3. The normalized spacial score (nSPS) is 10.4. The number of carbonyl (C=O) groups excluding carboxylic acids is 1. The fourth-order valence-corrected chi connectivity index (χ4v) is 1.72. The van der Waals surface area contributed by atoms with E-state index in [1.54, 1.807) is 6.07 Å². The van der Waals surface area contributed by atoms with E-state index in [0.717, 1.165) is 6.07 Å². The van der Waals surface area contributed by atoms with Crippen molar-refractivity contribution in [1.82, 2.24) is 0 Å². The SMILES string of the molecule is O=C(Cc1cccc(F)c1)c1ccc(O)c(O)c1O. The molecule has 2 aromatic carbocycles. The minimum atomic E-state index is -0.745. The molecule has 0 aliphatic carbocycles. The minimum Gasteiger partial charge on any atom is -0.504 e. The summed E-state index contributed by atoms with van der Waals surface area (Å²) in [7, 11) is 0. The van der Waals surface area contributed by atoms with Crippen molar-refractivity contribution >= 4 is 5.78 Å². The Morgan fingerprint density at radius 1 is 1.05 bits per heavy atom. The Hall–Kier alpha value is -2.56. The first-order chi connectivity index (χ1) is 8.99. The fourth-order valence-electron chi connectivity index (χ4n) is 1.72. The highest BCUT2D eigenvalue weighted by Crippen LogP contribution is 2.37. The van der Waals surface area contributed by atoms with E-state index in [-0.39, 0.29) is 12.0 Å². The van der Waals surface area contributed by atoms with E-state index in [1.165, 1.54) is 24.3 Å². The van der Waals surface area contributed by atoms with Crippen LogP contribution in [0.15, 0.2) is 36.4 Å². The third-order valence-electron chi connectivity index (χ3n) is 2.68. The minimum absolute atomic E-state index is 0.116. The van der Waals surface area contributed by atoms with Gasteiger partial charge in [-0.15, -0.1) is 0 Å². The average molecular weight is 262 g/mol. The lowest BCUT2D eigenvalue weighted by atomic mass is 10.0. The van der Waals surface area contributed by atoms with Crippen LogP contribution in [0.1, 0.15) is 15.9 Å². The second-order valence-electron chi connectivity index (χ2n) is 4.06. The van der Waals surface area contributed by atoms with Crippen molar-refractivity contribution in [2.75, 3.05) is 0 Å². The summed E-state index contributed by atoms with van der Waals surface area (Å²) < 4.78 is 13.0. The van der Waals surface area contributed by atoms with Crippen LogP contribution in [0, 0.1) is 5.82 Å². The molecule has 19 heavy (non-hydrogen) atoms. The van der Waals surface area contributed by atoms with Crippen molar-refractivity contribution in [2.45, 2.75) is 6.42 Å². The number of phenolic OH excluding ortho intramolecular Hbond substituents is 3. The van der Waals surface area contributed by atoms with Crippen LogP contribution in [0.3, 0.4) is 0 Å². The highest BCUT2D eigenvalue weighted by Gasteiger charge is 2.17. The molecule has 2 rings (SSSR count). The van der Waals surface area contributed by atoms with Crippen LogP contribution in [0.5, 0.6) is 17.2 Å². The molecule has 0 radical (unpaired) electrons. The van der Waals surface area contributed by atoms with Gasteiger partial charge in [0.05, 0.1) is 5.56 Å². The second kappa shape index (κ2) is 4.97. The fraction of sp³-hybridized carbons (Fsp3) is 0.0714. The Labute approximate surface area is 108 Å². The summed E-state index contributed by atoms with van der Waals surface area (Å²) in [4.78, 5) is 11.9. The van der Waals surface area contributed by atoms with E-state index in [9.17, 15) is 19.4 Å². The second-order valence-corrected chi connectivity index (χ2v) is 4.06. The van der Waals surface area contributed by atoms with Crippen LogP contribution in [0.2, 0.25) is 0 Å². The molecule has 4 nitrogen and oxygen atoms in total. The van der Waals surface area contributed by atoms with E-state index in [2.05, 4.69) is 0 Å². The van der Waals surface area contributed by atoms with Gasteiger partial charge in [0.15, 0.2) is 17.3 Å². The molecule has 0 aliphatic heterocycles. The van der Waals surface area contributed by atoms with Gasteiger partial charge in [-0.3, -0.25) is 4.79 Å². The van der Waals surface area contributed by atoms with Gasteiger partial charge in [0.1, 0.15) is 5.82 Å². The standard InChI is InChI=1S/C14H11FO4/c15-9-3-1-2-8(6-9)7-12(17)10-4-5-11(16)14(19)13(10)18/h1-6,16,18-19H,7H2. The molecule has 98 valence electrons. The molecule has 0 amide bonds. The van der Waals surface area contributed by atoms with Gasteiger partial charge in [-0.05, 0) is 29.8 Å². The van der Waals surface area contributed by atoms with Gasteiger partial charge in [0.2, 0.25) is 5.75 Å². The summed E-state index contributed by atoms with van der Waals surface area (Å²) in [5, 5.41) is 28.1. The number of hydrogen-bond acceptors (Lipinski definition) is 4. The molecule has 0 bridgehead atoms. The predicted molar refractivity (Wildman–Crippen MR) is 65.9 cm³/mol. The molecule has 0 unspecified atom stereocenters. The molecule has 2 aromatic rings. The zero-order valence-electron chi connectivity index (χ0n) is 9.80. The molecule has 0 atom stereocenters. The van der Waals surface area contributed by atoms with Gasteiger partial charge in [0, 0.05) is 6.42 Å². The summed E-state index contributed by atoms with van der Waals surface area (Å²) in [6, 6.07) is 7.84. The summed E-state index contributed by atoms with van der Waals surface area (Å²) in [6.45, 7) is 0. The summed E-state index contributed by atoms with van der Waals surface area (Å²) in [6.07, 6.45) is -0.116. The number of ketones is 1. The van der Waals surface area contributed by atoms with Gasteiger partial charge in [0.25, 0.3) is 0 Å². The number of halogens is 1. The highest BCUT2D eigenvalue weighted by atomic mass is 19.1. The van der Waals surface area contributed by atoms with Crippen molar-refractivity contribution in [3.05, 3.63) is 53.3 Å². The number of aromatic hydroxyl groups is 3. The summed E-state index contributed by atoms with van der Waals surface area (Å²) in [5.41, 5.74) is 0.330. The van der Waals surface area contributed by atoms with Gasteiger partial charge in [-0.25, -0.2) is 4.39 Å². The topological polar surface area (TPSA) is 77.8 Å². The third-order valence-corrected chi connectivity index (χ3v) is 2.68. The first-order valence-electron chi connectivity index (χ1n) is 5.50. The van der Waals surface area contributed by atoms with Crippen molar-refractivity contribution < 1.29 is 24.5 Å². The van der Waals surface area contributed by atoms with E-state index in [4.69, 9.17) is 5.11 Å². The van der Waals surface area contributed by atoms with Crippen molar-refractivity contribution in [3.8, 4) is 17.2 Å². The smallest absolute Gasteiger partial charge is 0.201 e. The molecular formula is C14H11FO4. The van der Waals surface area contributed by atoms with Crippen molar-refractivity contribution in [3.63, 3.8) is 0 Å². The van der Waals surface area contributed by atoms with Crippen LogP contribution >= 0.6 is 0 Å². The molecule has 0 saturated carbocycles. The molecule has 0 spiro atoms. The molecule has 0 saturated heterocycles. The van der Waals surface area contributed by atoms with E-state index < -0.39 is 28.8 Å². The van der Waals surface area contributed by atoms with Crippen LogP contribution in [0.25, 0.3) is 0 Å². The van der Waals surface area contributed by atoms with Crippen LogP contribution in [-0.4, -0.2) is 21.1 Å². The number of phenols is 3. The predicted octanol–water partition coefficient (Wildman–Crippen LogP) is 2.37. The molecule has 5 heteroatoms. The van der Waals surface area contributed by atoms with E-state index in [1.807, 2.05) is 0 Å². The Kier molecular flexibility index (Phi) is 3.37. The van der Waals surface area contributed by atoms with Crippen LogP contribution in [0.4, 0.5) is 4.39 Å². The zero-order chi connectivity index (χ0) is 14.0. The monoisotopic (exact) mass is 262 g/mol. The lowest BCUT2D eigenvalue weighted by molar-refractivity contribution is 0.0989. The molecule has 0 aliphatic rings. The highest BCUT2D eigenvalue weighted by molar-refractivity contribution is 6.00. The molecular weight excluding hydrogens is 251 g/mol. The summed E-state index contributed by atoms with van der Waals surface area (Å²) >= 11 is 0.